The maximum absolute atomic E-state index is 2.29. The Hall–Kier alpha value is -2.34. The van der Waals surface area contributed by atoms with Crippen molar-refractivity contribution in [1.29, 1.82) is 0 Å². The van der Waals surface area contributed by atoms with Crippen LogP contribution in [0.2, 0.25) is 0 Å². The van der Waals surface area contributed by atoms with Gasteiger partial charge in [0, 0.05) is 0 Å². The van der Waals surface area contributed by atoms with E-state index < -0.39 is 0 Å². The summed E-state index contributed by atoms with van der Waals surface area (Å²) in [5.41, 5.74) is 8.49. The summed E-state index contributed by atoms with van der Waals surface area (Å²) in [7, 11) is 0. The molecule has 2 aliphatic rings. The molecule has 0 unspecified atom stereocenters. The molecule has 2 aromatic carbocycles. The van der Waals surface area contributed by atoms with Gasteiger partial charge in [-0.3, -0.25) is 0 Å². The number of benzene rings is 2. The Kier molecular flexibility index (Phi) is 2.67. The van der Waals surface area contributed by atoms with Crippen LogP contribution in [0.1, 0.15) is 22.3 Å². The quantitative estimate of drug-likeness (QED) is 0.634. The van der Waals surface area contributed by atoms with Crippen LogP contribution in [0.25, 0.3) is 12.2 Å². The van der Waals surface area contributed by atoms with Gasteiger partial charge >= 0.3 is 0 Å². The topological polar surface area (TPSA) is 0 Å². The fraction of sp³-hybridized carbons (Fsp3) is 0.100. The van der Waals surface area contributed by atoms with Crippen LogP contribution < -0.4 is 0 Å². The second kappa shape index (κ2) is 4.64. The first-order valence-corrected chi connectivity index (χ1v) is 7.14. The Morgan fingerprint density at radius 1 is 0.500 bits per heavy atom. The fourth-order valence-corrected chi connectivity index (χ4v) is 3.07. The standard InChI is InChI=1S/C20H16/c1-3-7-17-13-19(11-9-15(17)5-1)20-12-10-16-6-2-4-8-18(16)14-20/h1-12H,13-14H2. The van der Waals surface area contributed by atoms with E-state index in [1.807, 2.05) is 0 Å². The van der Waals surface area contributed by atoms with E-state index in [2.05, 4.69) is 72.8 Å². The van der Waals surface area contributed by atoms with Gasteiger partial charge in [0.1, 0.15) is 0 Å². The van der Waals surface area contributed by atoms with Crippen LogP contribution in [0.15, 0.2) is 71.8 Å². The molecule has 0 aliphatic heterocycles. The summed E-state index contributed by atoms with van der Waals surface area (Å²) in [4.78, 5) is 0. The van der Waals surface area contributed by atoms with Crippen molar-refractivity contribution in [3.63, 3.8) is 0 Å². The van der Waals surface area contributed by atoms with E-state index in [1.54, 1.807) is 0 Å². The average Bonchev–Trinajstić information content (AvgIpc) is 2.54. The third kappa shape index (κ3) is 1.94. The van der Waals surface area contributed by atoms with Crippen LogP contribution in [-0.2, 0) is 12.8 Å². The highest BCUT2D eigenvalue weighted by Gasteiger charge is 2.13. The summed E-state index contributed by atoms with van der Waals surface area (Å²) < 4.78 is 0. The van der Waals surface area contributed by atoms with Crippen LogP contribution in [-0.4, -0.2) is 0 Å². The smallest absolute Gasteiger partial charge is 0.00170 e. The van der Waals surface area contributed by atoms with Gasteiger partial charge in [-0.2, -0.15) is 0 Å². The van der Waals surface area contributed by atoms with Crippen molar-refractivity contribution < 1.29 is 0 Å². The molecule has 0 bridgehead atoms. The minimum absolute atomic E-state index is 1.05. The van der Waals surface area contributed by atoms with Crippen molar-refractivity contribution in [1.82, 2.24) is 0 Å². The highest BCUT2D eigenvalue weighted by Crippen LogP contribution is 2.29. The molecule has 0 nitrogen and oxygen atoms in total. The van der Waals surface area contributed by atoms with E-state index in [-0.39, 0.29) is 0 Å². The monoisotopic (exact) mass is 256 g/mol. The Morgan fingerprint density at radius 2 is 0.950 bits per heavy atom. The zero-order valence-electron chi connectivity index (χ0n) is 11.3. The van der Waals surface area contributed by atoms with E-state index in [0.717, 1.165) is 12.8 Å². The maximum atomic E-state index is 2.29. The molecule has 20 heavy (non-hydrogen) atoms. The number of rotatable bonds is 0. The van der Waals surface area contributed by atoms with Crippen LogP contribution in [0.3, 0.4) is 0 Å². The molecule has 4 rings (SSSR count). The minimum atomic E-state index is 1.05. The van der Waals surface area contributed by atoms with Gasteiger partial charge in [0.2, 0.25) is 0 Å². The molecule has 2 aromatic rings. The number of hydrogen-bond acceptors (Lipinski definition) is 0. The van der Waals surface area contributed by atoms with Gasteiger partial charge < -0.3 is 0 Å². The zero-order chi connectivity index (χ0) is 13.4. The van der Waals surface area contributed by atoms with Gasteiger partial charge in [-0.05, 0) is 46.2 Å². The molecule has 0 fully saturated rings. The summed E-state index contributed by atoms with van der Waals surface area (Å²) in [5, 5.41) is 0. The first-order chi connectivity index (χ1) is 9.90. The molecule has 2 aliphatic carbocycles. The molecule has 0 radical (unpaired) electrons. The van der Waals surface area contributed by atoms with E-state index >= 15 is 0 Å². The van der Waals surface area contributed by atoms with Crippen molar-refractivity contribution >= 4 is 12.2 Å². The highest BCUT2D eigenvalue weighted by atomic mass is 14.2. The van der Waals surface area contributed by atoms with E-state index in [4.69, 9.17) is 0 Å². The van der Waals surface area contributed by atoms with Gasteiger partial charge in [0.25, 0.3) is 0 Å². The van der Waals surface area contributed by atoms with E-state index in [0.29, 0.717) is 0 Å². The van der Waals surface area contributed by atoms with Crippen molar-refractivity contribution in [2.24, 2.45) is 0 Å². The second-order valence-corrected chi connectivity index (χ2v) is 5.47. The summed E-state index contributed by atoms with van der Waals surface area (Å²) in [6.45, 7) is 0. The van der Waals surface area contributed by atoms with Crippen LogP contribution in [0.5, 0.6) is 0 Å². The lowest BCUT2D eigenvalue weighted by Gasteiger charge is -2.19. The van der Waals surface area contributed by atoms with E-state index in [9.17, 15) is 0 Å². The predicted octanol–water partition coefficient (Wildman–Crippen LogP) is 4.82. The lowest BCUT2D eigenvalue weighted by molar-refractivity contribution is 1.08. The highest BCUT2D eigenvalue weighted by molar-refractivity contribution is 5.67. The van der Waals surface area contributed by atoms with Crippen LogP contribution in [0.4, 0.5) is 0 Å². The Bertz CT molecular complexity index is 692. The van der Waals surface area contributed by atoms with Gasteiger partial charge in [0.15, 0.2) is 0 Å². The van der Waals surface area contributed by atoms with E-state index in [1.165, 1.54) is 33.4 Å². The number of hydrogen-bond donors (Lipinski definition) is 0. The molecule has 0 spiro atoms. The Balaban J connectivity index is 1.73. The summed E-state index contributed by atoms with van der Waals surface area (Å²) in [6, 6.07) is 17.3. The van der Waals surface area contributed by atoms with Crippen molar-refractivity contribution in [2.45, 2.75) is 12.8 Å². The normalized spacial score (nSPS) is 19.6. The molecule has 0 atom stereocenters. The summed E-state index contributed by atoms with van der Waals surface area (Å²) in [5.74, 6) is 0. The molecule has 0 heterocycles. The summed E-state index contributed by atoms with van der Waals surface area (Å²) in [6.07, 6.45) is 11.2. The van der Waals surface area contributed by atoms with Crippen LogP contribution >= 0.6 is 0 Å². The first-order valence-electron chi connectivity index (χ1n) is 7.14. The predicted molar refractivity (Wildman–Crippen MR) is 85.4 cm³/mol. The van der Waals surface area contributed by atoms with Crippen LogP contribution in [0, 0.1) is 0 Å². The number of allylic oxidation sites excluding steroid dienone is 4. The first kappa shape index (κ1) is 11.5. The van der Waals surface area contributed by atoms with Crippen molar-refractivity contribution in [3.8, 4) is 0 Å². The molecule has 96 valence electrons. The average molecular weight is 256 g/mol. The minimum Gasteiger partial charge on any atom is -0.0619 e. The molecular weight excluding hydrogens is 240 g/mol. The van der Waals surface area contributed by atoms with Gasteiger partial charge in [-0.25, -0.2) is 0 Å². The van der Waals surface area contributed by atoms with Crippen molar-refractivity contribution in [2.75, 3.05) is 0 Å². The van der Waals surface area contributed by atoms with Crippen molar-refractivity contribution in [3.05, 3.63) is 94.1 Å². The largest absolute Gasteiger partial charge is 0.0619 e. The lowest BCUT2D eigenvalue weighted by Crippen LogP contribution is -2.04. The Labute approximate surface area is 119 Å². The Morgan fingerprint density at radius 3 is 1.45 bits per heavy atom. The fourth-order valence-electron chi connectivity index (χ4n) is 3.07. The van der Waals surface area contributed by atoms with Gasteiger partial charge in [0.05, 0.1) is 0 Å². The second-order valence-electron chi connectivity index (χ2n) is 5.47. The van der Waals surface area contributed by atoms with Gasteiger partial charge in [-0.15, -0.1) is 0 Å². The molecule has 0 heteroatoms. The molecule has 0 saturated heterocycles. The molecule has 0 N–H and O–H groups in total. The molecule has 0 saturated carbocycles. The lowest BCUT2D eigenvalue weighted by atomic mass is 9.86. The molecule has 0 aromatic heterocycles. The van der Waals surface area contributed by atoms with Gasteiger partial charge in [-0.1, -0.05) is 72.8 Å². The maximum Gasteiger partial charge on any atom is -0.00170 e. The summed E-state index contributed by atoms with van der Waals surface area (Å²) >= 11 is 0. The number of fused-ring (bicyclic) bond motifs is 2. The SMILES string of the molecule is C1=Cc2ccccc2CC1=C1C=Cc2ccccc2C1. The molecular formula is C20H16. The third-order valence-electron chi connectivity index (χ3n) is 4.21. The zero-order valence-corrected chi connectivity index (χ0v) is 11.3. The molecule has 0 amide bonds. The third-order valence-corrected chi connectivity index (χ3v) is 4.21.